The molecule has 0 bridgehead atoms. The van der Waals surface area contributed by atoms with Crippen LogP contribution in [0, 0.1) is 0 Å². The summed E-state index contributed by atoms with van der Waals surface area (Å²) in [6.07, 6.45) is -0.880. The summed E-state index contributed by atoms with van der Waals surface area (Å²) >= 11 is -6.07. The Labute approximate surface area is 243 Å². The second-order valence-corrected chi connectivity index (χ2v) is 14.2. The fraction of sp³-hybridized carbons (Fsp3) is 0.125. The average molecular weight is 659 g/mol. The maximum absolute atomic E-state index is 13.1. The summed E-state index contributed by atoms with van der Waals surface area (Å²) in [5.41, 5.74) is 2.44. The molecule has 4 aromatic rings. The van der Waals surface area contributed by atoms with Gasteiger partial charge in [0.15, 0.2) is 0 Å². The number of rotatable bonds is 12. The summed E-state index contributed by atoms with van der Waals surface area (Å²) < 4.78 is 22.4. The molecule has 0 N–H and O–H groups in total. The molecule has 0 amide bonds. The van der Waals surface area contributed by atoms with Gasteiger partial charge in [0.1, 0.15) is 0 Å². The Kier molecular flexibility index (Phi) is 10.7. The van der Waals surface area contributed by atoms with E-state index in [1.807, 2.05) is 0 Å². The van der Waals surface area contributed by atoms with E-state index >= 15 is 0 Å². The molecule has 8 nitrogen and oxygen atoms in total. The van der Waals surface area contributed by atoms with Gasteiger partial charge in [-0.2, -0.15) is 0 Å². The molecule has 0 fully saturated rings. The molecule has 0 heterocycles. The molecule has 4 aromatic carbocycles. The van der Waals surface area contributed by atoms with E-state index in [0.717, 1.165) is 0 Å². The van der Waals surface area contributed by atoms with Gasteiger partial charge >= 0.3 is 245 Å². The predicted molar refractivity (Wildman–Crippen MR) is 151 cm³/mol. The molecule has 41 heavy (non-hydrogen) atoms. The predicted octanol–water partition coefficient (Wildman–Crippen LogP) is 4.57. The molecular weight excluding hydrogens is 631 g/mol. The van der Waals surface area contributed by atoms with Crippen molar-refractivity contribution in [3.8, 4) is 0 Å². The Morgan fingerprint density at radius 2 is 0.561 bits per heavy atom. The van der Waals surface area contributed by atoms with Gasteiger partial charge in [0.2, 0.25) is 0 Å². The third-order valence-electron chi connectivity index (χ3n) is 5.72. The minimum atomic E-state index is -6.07. The van der Waals surface area contributed by atoms with Gasteiger partial charge in [-0.15, -0.1) is 0 Å². The molecule has 0 atom stereocenters. The van der Waals surface area contributed by atoms with Gasteiger partial charge in [0.05, 0.1) is 0 Å². The molecule has 0 aliphatic carbocycles. The van der Waals surface area contributed by atoms with Crippen molar-refractivity contribution in [3.63, 3.8) is 0 Å². The van der Waals surface area contributed by atoms with Gasteiger partial charge in [-0.3, -0.25) is 0 Å². The molecule has 0 radical (unpaired) electrons. The van der Waals surface area contributed by atoms with Crippen molar-refractivity contribution < 1.29 is 31.5 Å². The fourth-order valence-corrected chi connectivity index (χ4v) is 8.60. The number of carbonyl (C=O) groups is 4. The Balaban J connectivity index is 1.62. The average Bonchev–Trinajstić information content (AvgIpc) is 2.94. The van der Waals surface area contributed by atoms with Gasteiger partial charge < -0.3 is 0 Å². The van der Waals surface area contributed by atoms with Gasteiger partial charge in [0.25, 0.3) is 0 Å². The molecule has 0 saturated carbocycles. The number of carbonyl (C=O) groups excluding carboxylic acids is 4. The summed E-state index contributed by atoms with van der Waals surface area (Å²) in [6.45, 7) is 0. The molecule has 0 saturated heterocycles. The standard InChI is InChI=1S/4C8H8O2.Sn/c4*9-8(10)6-7-4-2-1-3-5-7;/h4*1-5H,6H2,(H,9,10);/q;;;;+4/p-4. The first kappa shape index (κ1) is 29.5. The van der Waals surface area contributed by atoms with Crippen LogP contribution in [0.15, 0.2) is 121 Å². The minimum absolute atomic E-state index is 0.220. The van der Waals surface area contributed by atoms with Crippen LogP contribution in [0.1, 0.15) is 22.3 Å². The van der Waals surface area contributed by atoms with Crippen molar-refractivity contribution in [1.82, 2.24) is 0 Å². The van der Waals surface area contributed by atoms with Gasteiger partial charge in [0, 0.05) is 0 Å². The summed E-state index contributed by atoms with van der Waals surface area (Å²) in [5.74, 6) is -3.45. The van der Waals surface area contributed by atoms with Gasteiger partial charge in [-0.1, -0.05) is 0 Å². The summed E-state index contributed by atoms with van der Waals surface area (Å²) in [5, 5.41) is 0. The van der Waals surface area contributed by atoms with Crippen molar-refractivity contribution >= 4 is 43.9 Å². The third-order valence-corrected chi connectivity index (χ3v) is 11.2. The first-order valence-corrected chi connectivity index (χ1v) is 17.6. The second kappa shape index (κ2) is 14.8. The van der Waals surface area contributed by atoms with Crippen LogP contribution in [0.2, 0.25) is 0 Å². The van der Waals surface area contributed by atoms with Crippen LogP contribution in [-0.2, 0) is 57.2 Å². The normalized spacial score (nSPS) is 10.7. The monoisotopic (exact) mass is 660 g/mol. The van der Waals surface area contributed by atoms with Crippen molar-refractivity contribution in [2.24, 2.45) is 0 Å². The molecule has 0 aliphatic rings. The first-order valence-electron chi connectivity index (χ1n) is 12.9. The zero-order valence-corrected chi connectivity index (χ0v) is 25.0. The second-order valence-electron chi connectivity index (χ2n) is 9.05. The zero-order valence-electron chi connectivity index (χ0n) is 22.1. The molecule has 0 unspecified atom stereocenters. The van der Waals surface area contributed by atoms with Crippen LogP contribution in [0.5, 0.6) is 0 Å². The Bertz CT molecular complexity index is 1220. The molecule has 4 rings (SSSR count). The Morgan fingerprint density at radius 3 is 0.756 bits per heavy atom. The summed E-state index contributed by atoms with van der Waals surface area (Å²) in [6, 6.07) is 34.8. The van der Waals surface area contributed by atoms with Crippen LogP contribution in [0.3, 0.4) is 0 Å². The first-order chi connectivity index (χ1) is 19.9. The van der Waals surface area contributed by atoms with E-state index in [9.17, 15) is 19.2 Å². The van der Waals surface area contributed by atoms with E-state index in [0.29, 0.717) is 22.3 Å². The van der Waals surface area contributed by atoms with Crippen molar-refractivity contribution in [2.45, 2.75) is 25.7 Å². The third kappa shape index (κ3) is 9.91. The SMILES string of the molecule is O=C(Cc1ccccc1)[O][Sn]([O]C(=O)Cc1ccccc1)([O]C(=O)Cc1ccccc1)[O]C(=O)Cc1ccccc1. The molecule has 0 aromatic heterocycles. The van der Waals surface area contributed by atoms with Crippen LogP contribution >= 0.6 is 0 Å². The molecule has 9 heteroatoms. The number of benzene rings is 4. The van der Waals surface area contributed by atoms with Crippen molar-refractivity contribution in [1.29, 1.82) is 0 Å². The van der Waals surface area contributed by atoms with E-state index in [4.69, 9.17) is 12.3 Å². The quantitative estimate of drug-likeness (QED) is 0.204. The number of hydrogen-bond donors (Lipinski definition) is 0. The Hall–Kier alpha value is -4.44. The van der Waals surface area contributed by atoms with Crippen molar-refractivity contribution in [3.05, 3.63) is 144 Å². The van der Waals surface area contributed by atoms with E-state index in [-0.39, 0.29) is 25.7 Å². The van der Waals surface area contributed by atoms with Crippen LogP contribution < -0.4 is 0 Å². The fourth-order valence-electron chi connectivity index (χ4n) is 3.88. The van der Waals surface area contributed by atoms with E-state index in [1.54, 1.807) is 121 Å². The van der Waals surface area contributed by atoms with E-state index in [1.165, 1.54) is 0 Å². The summed E-state index contributed by atoms with van der Waals surface area (Å²) in [7, 11) is 0. The van der Waals surface area contributed by atoms with Gasteiger partial charge in [-0.05, 0) is 0 Å². The van der Waals surface area contributed by atoms with E-state index < -0.39 is 43.9 Å². The maximum atomic E-state index is 13.1. The number of hydrogen-bond acceptors (Lipinski definition) is 8. The van der Waals surface area contributed by atoms with E-state index in [2.05, 4.69) is 0 Å². The van der Waals surface area contributed by atoms with Crippen LogP contribution in [-0.4, -0.2) is 43.9 Å². The molecule has 208 valence electrons. The van der Waals surface area contributed by atoms with Crippen molar-refractivity contribution in [2.75, 3.05) is 0 Å². The zero-order chi connectivity index (χ0) is 28.9. The molecule has 0 spiro atoms. The molecule has 0 aliphatic heterocycles. The van der Waals surface area contributed by atoms with Crippen LogP contribution in [0.4, 0.5) is 0 Å². The molecular formula is C32H28O8Sn. The summed E-state index contributed by atoms with van der Waals surface area (Å²) in [4.78, 5) is 52.4. The van der Waals surface area contributed by atoms with Crippen LogP contribution in [0.25, 0.3) is 0 Å². The Morgan fingerprint density at radius 1 is 0.366 bits per heavy atom. The van der Waals surface area contributed by atoms with Gasteiger partial charge in [-0.25, -0.2) is 0 Å². The topological polar surface area (TPSA) is 105 Å².